The summed E-state index contributed by atoms with van der Waals surface area (Å²) in [5.41, 5.74) is 6.14. The second kappa shape index (κ2) is 5.91. The Morgan fingerprint density at radius 1 is 1.32 bits per heavy atom. The summed E-state index contributed by atoms with van der Waals surface area (Å²) in [7, 11) is -2.87. The average Bonchev–Trinajstić information content (AvgIpc) is 2.63. The summed E-state index contributed by atoms with van der Waals surface area (Å²) < 4.78 is 23.4. The summed E-state index contributed by atoms with van der Waals surface area (Å²) in [6.45, 7) is 5.48. The van der Waals surface area contributed by atoms with Crippen molar-refractivity contribution >= 4 is 21.2 Å². The number of hydrogen-bond acceptors (Lipinski definition) is 5. The second-order valence-corrected chi connectivity index (χ2v) is 8.92. The van der Waals surface area contributed by atoms with E-state index in [1.165, 1.54) is 9.75 Å². The molecule has 2 unspecified atom stereocenters. The highest BCUT2D eigenvalue weighted by molar-refractivity contribution is 7.91. The van der Waals surface area contributed by atoms with Gasteiger partial charge in [0.2, 0.25) is 0 Å². The van der Waals surface area contributed by atoms with Gasteiger partial charge in [-0.15, -0.1) is 11.3 Å². The number of hydrogen-bond donors (Lipinski definition) is 1. The Balaban J connectivity index is 2.20. The standard InChI is InChI=1S/C13H22N2O2S2/c1-10-4-5-12(18-10)13(11(2)14)15-6-3-8-19(16,17)9-7-15/h4-5,11,13H,3,6-9,14H2,1-2H3. The molecular weight excluding hydrogens is 280 g/mol. The second-order valence-electron chi connectivity index (χ2n) is 5.29. The van der Waals surface area contributed by atoms with Crippen LogP contribution in [-0.2, 0) is 9.84 Å². The van der Waals surface area contributed by atoms with E-state index >= 15 is 0 Å². The molecule has 0 aliphatic carbocycles. The molecule has 1 aromatic heterocycles. The third kappa shape index (κ3) is 3.78. The van der Waals surface area contributed by atoms with E-state index in [9.17, 15) is 8.42 Å². The largest absolute Gasteiger partial charge is 0.326 e. The zero-order valence-electron chi connectivity index (χ0n) is 11.5. The molecule has 1 aromatic rings. The molecule has 108 valence electrons. The van der Waals surface area contributed by atoms with Crippen LogP contribution in [0.5, 0.6) is 0 Å². The zero-order chi connectivity index (χ0) is 14.0. The molecule has 1 saturated heterocycles. The molecule has 2 heterocycles. The van der Waals surface area contributed by atoms with Gasteiger partial charge in [0.15, 0.2) is 9.84 Å². The molecule has 0 saturated carbocycles. The van der Waals surface area contributed by atoms with E-state index in [1.54, 1.807) is 11.3 Å². The Hall–Kier alpha value is -0.430. The van der Waals surface area contributed by atoms with Crippen molar-refractivity contribution in [2.75, 3.05) is 24.6 Å². The molecule has 2 N–H and O–H groups in total. The number of rotatable bonds is 3. The molecule has 2 atom stereocenters. The maximum absolute atomic E-state index is 11.7. The molecule has 0 amide bonds. The minimum atomic E-state index is -2.87. The summed E-state index contributed by atoms with van der Waals surface area (Å²) in [6, 6.07) is 4.35. The van der Waals surface area contributed by atoms with E-state index in [-0.39, 0.29) is 17.8 Å². The quantitative estimate of drug-likeness (QED) is 0.920. The van der Waals surface area contributed by atoms with Crippen LogP contribution in [0.1, 0.15) is 29.1 Å². The average molecular weight is 302 g/mol. The van der Waals surface area contributed by atoms with Crippen LogP contribution in [0.3, 0.4) is 0 Å². The number of nitrogens with zero attached hydrogens (tertiary/aromatic N) is 1. The Labute approximate surface area is 119 Å². The first kappa shape index (κ1) is 15.0. The van der Waals surface area contributed by atoms with Crippen LogP contribution in [-0.4, -0.2) is 44.0 Å². The fourth-order valence-electron chi connectivity index (χ4n) is 2.62. The van der Waals surface area contributed by atoms with Crippen LogP contribution in [0.2, 0.25) is 0 Å². The molecule has 6 heteroatoms. The lowest BCUT2D eigenvalue weighted by Gasteiger charge is -2.32. The van der Waals surface area contributed by atoms with E-state index in [0.29, 0.717) is 18.7 Å². The fourth-order valence-corrected chi connectivity index (χ4v) is 5.03. The lowest BCUT2D eigenvalue weighted by atomic mass is 10.1. The molecule has 19 heavy (non-hydrogen) atoms. The number of sulfone groups is 1. The molecule has 1 aliphatic heterocycles. The van der Waals surface area contributed by atoms with Gasteiger partial charge in [-0.05, 0) is 38.9 Å². The Morgan fingerprint density at radius 2 is 2.05 bits per heavy atom. The van der Waals surface area contributed by atoms with Crippen molar-refractivity contribution in [2.45, 2.75) is 32.4 Å². The van der Waals surface area contributed by atoms with Crippen molar-refractivity contribution in [1.29, 1.82) is 0 Å². The minimum Gasteiger partial charge on any atom is -0.326 e. The van der Waals surface area contributed by atoms with Gasteiger partial charge in [-0.1, -0.05) is 0 Å². The maximum Gasteiger partial charge on any atom is 0.151 e. The first-order chi connectivity index (χ1) is 8.89. The number of aryl methyl sites for hydroxylation is 1. The molecule has 0 radical (unpaired) electrons. The van der Waals surface area contributed by atoms with Gasteiger partial charge in [0.25, 0.3) is 0 Å². The highest BCUT2D eigenvalue weighted by atomic mass is 32.2. The Morgan fingerprint density at radius 3 is 2.63 bits per heavy atom. The van der Waals surface area contributed by atoms with Gasteiger partial charge in [0.05, 0.1) is 17.5 Å². The summed E-state index contributed by atoms with van der Waals surface area (Å²) in [6.07, 6.45) is 0.704. The van der Waals surface area contributed by atoms with Crippen molar-refractivity contribution in [3.63, 3.8) is 0 Å². The summed E-state index contributed by atoms with van der Waals surface area (Å²) in [5.74, 6) is 0.555. The van der Waals surface area contributed by atoms with Gasteiger partial charge < -0.3 is 5.73 Å². The number of nitrogens with two attached hydrogens (primary N) is 1. The van der Waals surface area contributed by atoms with Crippen LogP contribution < -0.4 is 5.73 Å². The molecule has 4 nitrogen and oxygen atoms in total. The highest BCUT2D eigenvalue weighted by Crippen LogP contribution is 2.30. The molecular formula is C13H22N2O2S2. The van der Waals surface area contributed by atoms with Gasteiger partial charge >= 0.3 is 0 Å². The predicted octanol–water partition coefficient (Wildman–Crippen LogP) is 1.57. The molecule has 1 aliphatic rings. The van der Waals surface area contributed by atoms with E-state index in [4.69, 9.17) is 5.73 Å². The van der Waals surface area contributed by atoms with E-state index in [1.807, 2.05) is 6.92 Å². The molecule has 0 spiro atoms. The van der Waals surface area contributed by atoms with E-state index in [0.717, 1.165) is 6.54 Å². The molecule has 2 rings (SSSR count). The van der Waals surface area contributed by atoms with Crippen molar-refractivity contribution in [1.82, 2.24) is 4.90 Å². The van der Waals surface area contributed by atoms with Crippen molar-refractivity contribution in [3.8, 4) is 0 Å². The smallest absolute Gasteiger partial charge is 0.151 e. The Bertz CT molecular complexity index is 523. The normalized spacial score (nSPS) is 23.7. The molecule has 0 aromatic carbocycles. The maximum atomic E-state index is 11.7. The molecule has 1 fully saturated rings. The van der Waals surface area contributed by atoms with Gasteiger partial charge in [0, 0.05) is 22.3 Å². The fraction of sp³-hybridized carbons (Fsp3) is 0.692. The van der Waals surface area contributed by atoms with Gasteiger partial charge in [0.1, 0.15) is 0 Å². The highest BCUT2D eigenvalue weighted by Gasteiger charge is 2.28. The van der Waals surface area contributed by atoms with Crippen LogP contribution in [0.15, 0.2) is 12.1 Å². The molecule has 0 bridgehead atoms. The first-order valence-corrected chi connectivity index (χ1v) is 9.29. The zero-order valence-corrected chi connectivity index (χ0v) is 13.1. The van der Waals surface area contributed by atoms with Gasteiger partial charge in [-0.25, -0.2) is 8.42 Å². The van der Waals surface area contributed by atoms with Crippen LogP contribution in [0.25, 0.3) is 0 Å². The minimum absolute atomic E-state index is 0.00106. The predicted molar refractivity (Wildman–Crippen MR) is 80.3 cm³/mol. The monoisotopic (exact) mass is 302 g/mol. The summed E-state index contributed by atoms with van der Waals surface area (Å²) in [4.78, 5) is 4.75. The number of thiophene rings is 1. The van der Waals surface area contributed by atoms with Gasteiger partial charge in [-0.2, -0.15) is 0 Å². The van der Waals surface area contributed by atoms with Crippen LogP contribution in [0.4, 0.5) is 0 Å². The Kier molecular flexibility index (Phi) is 4.66. The van der Waals surface area contributed by atoms with Crippen molar-refractivity contribution < 1.29 is 8.42 Å². The lowest BCUT2D eigenvalue weighted by molar-refractivity contribution is 0.193. The van der Waals surface area contributed by atoms with Crippen molar-refractivity contribution in [2.24, 2.45) is 5.73 Å². The van der Waals surface area contributed by atoms with E-state index in [2.05, 4.69) is 24.0 Å². The van der Waals surface area contributed by atoms with Gasteiger partial charge in [-0.3, -0.25) is 4.90 Å². The SMILES string of the molecule is Cc1ccc(C(C(C)N)N2CCCS(=O)(=O)CC2)s1. The first-order valence-electron chi connectivity index (χ1n) is 6.65. The third-order valence-electron chi connectivity index (χ3n) is 3.53. The topological polar surface area (TPSA) is 63.4 Å². The lowest BCUT2D eigenvalue weighted by Crippen LogP contribution is -2.40. The third-order valence-corrected chi connectivity index (χ3v) is 6.32. The van der Waals surface area contributed by atoms with Crippen molar-refractivity contribution in [3.05, 3.63) is 21.9 Å². The van der Waals surface area contributed by atoms with E-state index < -0.39 is 9.84 Å². The summed E-state index contributed by atoms with van der Waals surface area (Å²) >= 11 is 1.75. The summed E-state index contributed by atoms with van der Waals surface area (Å²) in [5, 5.41) is 0. The van der Waals surface area contributed by atoms with Crippen LogP contribution in [0, 0.1) is 6.92 Å². The van der Waals surface area contributed by atoms with Crippen LogP contribution >= 0.6 is 11.3 Å².